The van der Waals surface area contributed by atoms with Crippen molar-refractivity contribution in [3.05, 3.63) is 59.2 Å². The molecule has 1 fully saturated rings. The van der Waals surface area contributed by atoms with Crippen LogP contribution in [0, 0.1) is 12.8 Å². The Bertz CT molecular complexity index is 840. The summed E-state index contributed by atoms with van der Waals surface area (Å²) in [4.78, 5) is 26.9. The van der Waals surface area contributed by atoms with E-state index in [-0.39, 0.29) is 17.7 Å². The Kier molecular flexibility index (Phi) is 4.04. The van der Waals surface area contributed by atoms with Crippen molar-refractivity contribution in [3.63, 3.8) is 0 Å². The topological polar surface area (TPSA) is 49.4 Å². The average Bonchev–Trinajstić information content (AvgIpc) is 3.46. The molecule has 0 atom stereocenters. The van der Waals surface area contributed by atoms with Crippen LogP contribution in [0.1, 0.15) is 40.7 Å². The Morgan fingerprint density at radius 2 is 1.92 bits per heavy atom. The minimum atomic E-state index is -0.0974. The van der Waals surface area contributed by atoms with Gasteiger partial charge in [0.1, 0.15) is 0 Å². The Balaban J connectivity index is 1.56. The Hall–Kier alpha value is -2.62. The fraction of sp³-hybridized carbons (Fsp3) is 0.333. The van der Waals surface area contributed by atoms with Crippen molar-refractivity contribution in [3.8, 4) is 0 Å². The molecule has 1 heterocycles. The average molecular weight is 334 g/mol. The lowest BCUT2D eigenvalue weighted by molar-refractivity contribution is -0.119. The molecule has 1 N–H and O–H groups in total. The number of carbonyl (C=O) groups excluding carboxylic acids is 2. The maximum atomic E-state index is 12.5. The van der Waals surface area contributed by atoms with Gasteiger partial charge in [-0.2, -0.15) is 0 Å². The number of aryl methyl sites for hydroxylation is 2. The third-order valence-electron chi connectivity index (χ3n) is 5.04. The van der Waals surface area contributed by atoms with Crippen LogP contribution in [0.2, 0.25) is 0 Å². The summed E-state index contributed by atoms with van der Waals surface area (Å²) in [7, 11) is 0. The van der Waals surface area contributed by atoms with Crippen LogP contribution in [-0.4, -0.2) is 18.4 Å². The normalized spacial score (nSPS) is 16.3. The highest BCUT2D eigenvalue weighted by atomic mass is 16.2. The number of amides is 2. The molecule has 2 aromatic carbocycles. The van der Waals surface area contributed by atoms with E-state index in [1.54, 1.807) is 0 Å². The highest BCUT2D eigenvalue weighted by Crippen LogP contribution is 2.36. The first-order valence-electron chi connectivity index (χ1n) is 8.95. The molecular formula is C21H22N2O2. The summed E-state index contributed by atoms with van der Waals surface area (Å²) >= 11 is 0. The quantitative estimate of drug-likeness (QED) is 0.924. The van der Waals surface area contributed by atoms with E-state index in [0.717, 1.165) is 54.7 Å². The SMILES string of the molecule is Cc1ccccc1C(=O)Nc1ccc2c(c1)CCCN2C(=O)C1CC1. The van der Waals surface area contributed by atoms with Gasteiger partial charge in [0.2, 0.25) is 5.91 Å². The molecular weight excluding hydrogens is 312 g/mol. The van der Waals surface area contributed by atoms with Crippen LogP contribution < -0.4 is 10.2 Å². The summed E-state index contributed by atoms with van der Waals surface area (Å²) < 4.78 is 0. The van der Waals surface area contributed by atoms with Gasteiger partial charge in [-0.1, -0.05) is 18.2 Å². The van der Waals surface area contributed by atoms with Gasteiger partial charge in [0.25, 0.3) is 5.91 Å². The van der Waals surface area contributed by atoms with Crippen LogP contribution >= 0.6 is 0 Å². The molecule has 0 unspecified atom stereocenters. The van der Waals surface area contributed by atoms with Crippen LogP contribution in [-0.2, 0) is 11.2 Å². The van der Waals surface area contributed by atoms with E-state index in [1.807, 2.05) is 54.3 Å². The van der Waals surface area contributed by atoms with E-state index in [4.69, 9.17) is 0 Å². The minimum Gasteiger partial charge on any atom is -0.322 e. The van der Waals surface area contributed by atoms with Gasteiger partial charge in [0, 0.05) is 29.4 Å². The fourth-order valence-electron chi connectivity index (χ4n) is 3.48. The lowest BCUT2D eigenvalue weighted by atomic mass is 10.00. The summed E-state index contributed by atoms with van der Waals surface area (Å²) in [5.41, 5.74) is 4.58. The Morgan fingerprint density at radius 1 is 1.12 bits per heavy atom. The second-order valence-electron chi connectivity index (χ2n) is 6.98. The maximum Gasteiger partial charge on any atom is 0.255 e. The molecule has 2 aliphatic rings. The third-order valence-corrected chi connectivity index (χ3v) is 5.04. The number of nitrogens with zero attached hydrogens (tertiary/aromatic N) is 1. The number of hydrogen-bond donors (Lipinski definition) is 1. The van der Waals surface area contributed by atoms with Crippen LogP contribution in [0.15, 0.2) is 42.5 Å². The lowest BCUT2D eigenvalue weighted by Gasteiger charge is -2.30. The van der Waals surface area contributed by atoms with Crippen LogP contribution in [0.25, 0.3) is 0 Å². The van der Waals surface area contributed by atoms with Gasteiger partial charge >= 0.3 is 0 Å². The number of benzene rings is 2. The molecule has 1 aliphatic heterocycles. The van der Waals surface area contributed by atoms with E-state index in [0.29, 0.717) is 5.56 Å². The molecule has 128 valence electrons. The highest BCUT2D eigenvalue weighted by molar-refractivity contribution is 6.05. The zero-order valence-corrected chi connectivity index (χ0v) is 14.4. The molecule has 4 rings (SSSR count). The molecule has 0 spiro atoms. The fourth-order valence-corrected chi connectivity index (χ4v) is 3.48. The number of anilines is 2. The van der Waals surface area contributed by atoms with E-state index in [9.17, 15) is 9.59 Å². The van der Waals surface area contributed by atoms with Crippen molar-refractivity contribution in [2.24, 2.45) is 5.92 Å². The van der Waals surface area contributed by atoms with Gasteiger partial charge in [-0.3, -0.25) is 9.59 Å². The first kappa shape index (κ1) is 15.9. The van der Waals surface area contributed by atoms with Gasteiger partial charge in [0.15, 0.2) is 0 Å². The van der Waals surface area contributed by atoms with Crippen molar-refractivity contribution in [1.82, 2.24) is 0 Å². The summed E-state index contributed by atoms with van der Waals surface area (Å²) in [5, 5.41) is 2.99. The largest absolute Gasteiger partial charge is 0.322 e. The highest BCUT2D eigenvalue weighted by Gasteiger charge is 2.35. The summed E-state index contributed by atoms with van der Waals surface area (Å²) in [6.45, 7) is 2.74. The molecule has 0 aromatic heterocycles. The number of carbonyl (C=O) groups is 2. The molecule has 4 nitrogen and oxygen atoms in total. The molecule has 0 radical (unpaired) electrons. The van der Waals surface area contributed by atoms with Crippen molar-refractivity contribution >= 4 is 23.2 Å². The summed E-state index contributed by atoms with van der Waals surface area (Å²) in [6.07, 6.45) is 3.96. The predicted octanol–water partition coefficient (Wildman–Crippen LogP) is 3.94. The van der Waals surface area contributed by atoms with Crippen molar-refractivity contribution in [2.75, 3.05) is 16.8 Å². The molecule has 25 heavy (non-hydrogen) atoms. The van der Waals surface area contributed by atoms with Gasteiger partial charge < -0.3 is 10.2 Å². The van der Waals surface area contributed by atoms with Gasteiger partial charge in [-0.15, -0.1) is 0 Å². The third kappa shape index (κ3) is 3.16. The first-order chi connectivity index (χ1) is 12.1. The molecule has 0 saturated heterocycles. The van der Waals surface area contributed by atoms with E-state index < -0.39 is 0 Å². The predicted molar refractivity (Wildman–Crippen MR) is 99.0 cm³/mol. The number of nitrogens with one attached hydrogen (secondary N) is 1. The standard InChI is InChI=1S/C21H22N2O2/c1-14-5-2-3-7-18(14)20(24)22-17-10-11-19-16(13-17)6-4-12-23(19)21(25)15-8-9-15/h2-3,5,7,10-11,13,15H,4,6,8-9,12H2,1H3,(H,22,24). The molecule has 2 amide bonds. The zero-order chi connectivity index (χ0) is 17.4. The lowest BCUT2D eigenvalue weighted by Crippen LogP contribution is -2.36. The van der Waals surface area contributed by atoms with Gasteiger partial charge in [0.05, 0.1) is 0 Å². The molecule has 1 aliphatic carbocycles. The monoisotopic (exact) mass is 334 g/mol. The van der Waals surface area contributed by atoms with Crippen molar-refractivity contribution < 1.29 is 9.59 Å². The number of rotatable bonds is 3. The summed E-state index contributed by atoms with van der Waals surface area (Å²) in [5.74, 6) is 0.392. The first-order valence-corrected chi connectivity index (χ1v) is 8.95. The van der Waals surface area contributed by atoms with Gasteiger partial charge in [-0.05, 0) is 68.0 Å². The molecule has 0 bridgehead atoms. The minimum absolute atomic E-state index is 0.0974. The Morgan fingerprint density at radius 3 is 2.68 bits per heavy atom. The van der Waals surface area contributed by atoms with Crippen molar-refractivity contribution in [2.45, 2.75) is 32.6 Å². The van der Waals surface area contributed by atoms with Crippen LogP contribution in [0.4, 0.5) is 11.4 Å². The number of fused-ring (bicyclic) bond motifs is 1. The molecule has 2 aromatic rings. The maximum absolute atomic E-state index is 12.5. The molecule has 4 heteroatoms. The van der Waals surface area contributed by atoms with E-state index in [2.05, 4.69) is 5.32 Å². The summed E-state index contributed by atoms with van der Waals surface area (Å²) in [6, 6.07) is 13.4. The van der Waals surface area contributed by atoms with E-state index in [1.165, 1.54) is 0 Å². The van der Waals surface area contributed by atoms with Crippen LogP contribution in [0.5, 0.6) is 0 Å². The second kappa shape index (κ2) is 6.36. The van der Waals surface area contributed by atoms with Crippen molar-refractivity contribution in [1.29, 1.82) is 0 Å². The van der Waals surface area contributed by atoms with E-state index >= 15 is 0 Å². The zero-order valence-electron chi connectivity index (χ0n) is 14.4. The second-order valence-corrected chi connectivity index (χ2v) is 6.98. The van der Waals surface area contributed by atoms with Gasteiger partial charge in [-0.25, -0.2) is 0 Å². The molecule has 1 saturated carbocycles. The Labute approximate surface area is 147 Å². The smallest absolute Gasteiger partial charge is 0.255 e. The number of hydrogen-bond acceptors (Lipinski definition) is 2. The van der Waals surface area contributed by atoms with Crippen LogP contribution in [0.3, 0.4) is 0 Å².